The van der Waals surface area contributed by atoms with Crippen LogP contribution in [0.1, 0.15) is 6.92 Å². The van der Waals surface area contributed by atoms with Crippen molar-refractivity contribution in [3.05, 3.63) is 41.9 Å². The zero-order chi connectivity index (χ0) is 15.2. The second-order valence-electron chi connectivity index (χ2n) is 4.55. The third kappa shape index (κ3) is 3.87. The van der Waals surface area contributed by atoms with Crippen molar-refractivity contribution in [2.24, 2.45) is 5.92 Å². The lowest BCUT2D eigenvalue weighted by Gasteiger charge is -2.08. The van der Waals surface area contributed by atoms with Crippen LogP contribution in [-0.2, 0) is 6.54 Å². The number of allylic oxidation sites excluding steroid dienone is 1. The molecule has 0 bridgehead atoms. The summed E-state index contributed by atoms with van der Waals surface area (Å²) in [6.07, 6.45) is 1.81. The summed E-state index contributed by atoms with van der Waals surface area (Å²) >= 11 is 7.44. The Kier molecular flexibility index (Phi) is 5.43. The first-order valence-corrected chi connectivity index (χ1v) is 7.84. The molecule has 0 aliphatic carbocycles. The summed E-state index contributed by atoms with van der Waals surface area (Å²) in [6, 6.07) is 9.70. The fraction of sp³-hybridized carbons (Fsp3) is 0.267. The van der Waals surface area contributed by atoms with Gasteiger partial charge >= 0.3 is 0 Å². The number of rotatable bonds is 6. The molecule has 1 atom stereocenters. The standard InChI is InChI=1S/C15H15ClN4S/c1-3-8-20-14(12-4-6-13(16)7-5-12)18-19-15(20)21-10-11(2)9-17/h3-7,11H,1,8,10H2,2H3/t11-/m1/s1. The van der Waals surface area contributed by atoms with Crippen LogP contribution in [0.5, 0.6) is 0 Å². The SMILES string of the molecule is C=CCn1c(SC[C@H](C)C#N)nnc1-c1ccc(Cl)cc1. The third-order valence-electron chi connectivity index (χ3n) is 2.81. The number of aromatic nitrogens is 3. The second-order valence-corrected chi connectivity index (χ2v) is 5.98. The fourth-order valence-electron chi connectivity index (χ4n) is 1.74. The number of halogens is 1. The van der Waals surface area contributed by atoms with Gasteiger partial charge in [0.05, 0.1) is 12.0 Å². The molecule has 0 unspecified atom stereocenters. The maximum atomic E-state index is 8.86. The Morgan fingerprint density at radius 2 is 2.14 bits per heavy atom. The second kappa shape index (κ2) is 7.30. The molecule has 0 radical (unpaired) electrons. The van der Waals surface area contributed by atoms with E-state index in [1.807, 2.05) is 35.8 Å². The van der Waals surface area contributed by atoms with Crippen LogP contribution in [0.25, 0.3) is 11.4 Å². The minimum absolute atomic E-state index is 0.0251. The summed E-state index contributed by atoms with van der Waals surface area (Å²) in [4.78, 5) is 0. The smallest absolute Gasteiger partial charge is 0.191 e. The number of nitrogens with zero attached hydrogens (tertiary/aromatic N) is 4. The molecule has 4 nitrogen and oxygen atoms in total. The molecule has 0 amide bonds. The Labute approximate surface area is 133 Å². The molecule has 0 fully saturated rings. The van der Waals surface area contributed by atoms with Gasteiger partial charge in [0.1, 0.15) is 0 Å². The normalized spacial score (nSPS) is 11.9. The van der Waals surface area contributed by atoms with E-state index in [4.69, 9.17) is 16.9 Å². The summed E-state index contributed by atoms with van der Waals surface area (Å²) in [5.74, 6) is 1.44. The molecule has 21 heavy (non-hydrogen) atoms. The summed E-state index contributed by atoms with van der Waals surface area (Å²) in [5, 5.41) is 18.8. The lowest BCUT2D eigenvalue weighted by atomic mass is 10.2. The van der Waals surface area contributed by atoms with E-state index in [0.717, 1.165) is 16.5 Å². The van der Waals surface area contributed by atoms with Crippen molar-refractivity contribution in [3.63, 3.8) is 0 Å². The first kappa shape index (κ1) is 15.6. The van der Waals surface area contributed by atoms with Gasteiger partial charge in [-0.25, -0.2) is 0 Å². The molecule has 0 saturated carbocycles. The van der Waals surface area contributed by atoms with Gasteiger partial charge < -0.3 is 0 Å². The average Bonchev–Trinajstić information content (AvgIpc) is 2.89. The Hall–Kier alpha value is -1.77. The van der Waals surface area contributed by atoms with Crippen molar-refractivity contribution in [3.8, 4) is 17.5 Å². The van der Waals surface area contributed by atoms with Gasteiger partial charge in [-0.2, -0.15) is 5.26 Å². The summed E-state index contributed by atoms with van der Waals surface area (Å²) in [5.41, 5.74) is 0.953. The molecular formula is C15H15ClN4S. The highest BCUT2D eigenvalue weighted by molar-refractivity contribution is 7.99. The van der Waals surface area contributed by atoms with Gasteiger partial charge in [0.25, 0.3) is 0 Å². The molecule has 0 aliphatic heterocycles. The molecule has 1 aromatic carbocycles. The van der Waals surface area contributed by atoms with E-state index in [1.165, 1.54) is 11.8 Å². The number of benzene rings is 1. The van der Waals surface area contributed by atoms with Gasteiger partial charge in [0, 0.05) is 22.9 Å². The summed E-state index contributed by atoms with van der Waals surface area (Å²) < 4.78 is 1.99. The van der Waals surface area contributed by atoms with Crippen LogP contribution in [0.2, 0.25) is 5.02 Å². The van der Waals surface area contributed by atoms with E-state index < -0.39 is 0 Å². The van der Waals surface area contributed by atoms with E-state index in [-0.39, 0.29) is 5.92 Å². The van der Waals surface area contributed by atoms with Crippen molar-refractivity contribution < 1.29 is 0 Å². The zero-order valence-corrected chi connectivity index (χ0v) is 13.2. The van der Waals surface area contributed by atoms with Crippen LogP contribution in [0.3, 0.4) is 0 Å². The molecule has 1 aromatic heterocycles. The Morgan fingerprint density at radius 1 is 1.43 bits per heavy atom. The van der Waals surface area contributed by atoms with E-state index >= 15 is 0 Å². The monoisotopic (exact) mass is 318 g/mol. The van der Waals surface area contributed by atoms with Crippen LogP contribution < -0.4 is 0 Å². The van der Waals surface area contributed by atoms with Gasteiger partial charge in [0.2, 0.25) is 0 Å². The number of hydrogen-bond acceptors (Lipinski definition) is 4. The molecule has 0 saturated heterocycles. The minimum atomic E-state index is -0.0251. The fourth-order valence-corrected chi connectivity index (χ4v) is 2.75. The maximum absolute atomic E-state index is 8.86. The Morgan fingerprint density at radius 3 is 2.76 bits per heavy atom. The molecular weight excluding hydrogens is 304 g/mol. The number of hydrogen-bond donors (Lipinski definition) is 0. The lowest BCUT2D eigenvalue weighted by molar-refractivity contribution is 0.728. The predicted octanol–water partition coefficient (Wildman–Crippen LogP) is 4.04. The lowest BCUT2D eigenvalue weighted by Crippen LogP contribution is -2.02. The van der Waals surface area contributed by atoms with Crippen molar-refractivity contribution in [1.29, 1.82) is 5.26 Å². The van der Waals surface area contributed by atoms with Crippen LogP contribution in [-0.4, -0.2) is 20.5 Å². The predicted molar refractivity (Wildman–Crippen MR) is 86.2 cm³/mol. The Bertz CT molecular complexity index is 657. The highest BCUT2D eigenvalue weighted by atomic mass is 35.5. The zero-order valence-electron chi connectivity index (χ0n) is 11.7. The Balaban J connectivity index is 2.30. The maximum Gasteiger partial charge on any atom is 0.191 e. The molecule has 2 rings (SSSR count). The molecule has 0 N–H and O–H groups in total. The van der Waals surface area contributed by atoms with Gasteiger partial charge in [-0.15, -0.1) is 16.8 Å². The third-order valence-corrected chi connectivity index (χ3v) is 4.29. The van der Waals surface area contributed by atoms with Crippen LogP contribution in [0.4, 0.5) is 0 Å². The van der Waals surface area contributed by atoms with Crippen molar-refractivity contribution in [1.82, 2.24) is 14.8 Å². The largest absolute Gasteiger partial charge is 0.298 e. The van der Waals surface area contributed by atoms with Gasteiger partial charge in [0.15, 0.2) is 11.0 Å². The highest BCUT2D eigenvalue weighted by Crippen LogP contribution is 2.26. The first-order valence-electron chi connectivity index (χ1n) is 6.48. The van der Waals surface area contributed by atoms with Crippen LogP contribution in [0.15, 0.2) is 42.1 Å². The molecule has 1 heterocycles. The van der Waals surface area contributed by atoms with Crippen molar-refractivity contribution >= 4 is 23.4 Å². The van der Waals surface area contributed by atoms with Crippen LogP contribution in [0, 0.1) is 17.2 Å². The average molecular weight is 319 g/mol. The van der Waals surface area contributed by atoms with Gasteiger partial charge in [-0.3, -0.25) is 4.57 Å². The molecule has 2 aromatic rings. The van der Waals surface area contributed by atoms with E-state index in [9.17, 15) is 0 Å². The van der Waals surface area contributed by atoms with Crippen molar-refractivity contribution in [2.75, 3.05) is 5.75 Å². The quantitative estimate of drug-likeness (QED) is 0.596. The summed E-state index contributed by atoms with van der Waals surface area (Å²) in [7, 11) is 0. The molecule has 0 spiro atoms. The van der Waals surface area contributed by atoms with Crippen LogP contribution >= 0.6 is 23.4 Å². The van der Waals surface area contributed by atoms with Gasteiger partial charge in [-0.1, -0.05) is 29.4 Å². The van der Waals surface area contributed by atoms with E-state index in [2.05, 4.69) is 22.8 Å². The minimum Gasteiger partial charge on any atom is -0.298 e. The number of nitriles is 1. The number of thioether (sulfide) groups is 1. The molecule has 6 heteroatoms. The molecule has 108 valence electrons. The first-order chi connectivity index (χ1) is 10.2. The van der Waals surface area contributed by atoms with Crippen molar-refractivity contribution in [2.45, 2.75) is 18.6 Å². The summed E-state index contributed by atoms with van der Waals surface area (Å²) in [6.45, 7) is 6.29. The highest BCUT2D eigenvalue weighted by Gasteiger charge is 2.14. The topological polar surface area (TPSA) is 54.5 Å². The molecule has 0 aliphatic rings. The van der Waals surface area contributed by atoms with E-state index in [1.54, 1.807) is 6.08 Å². The van der Waals surface area contributed by atoms with Gasteiger partial charge in [-0.05, 0) is 31.2 Å². The van der Waals surface area contributed by atoms with E-state index in [0.29, 0.717) is 17.3 Å².